The van der Waals surface area contributed by atoms with Crippen molar-refractivity contribution in [2.45, 2.75) is 65.7 Å². The second-order valence-corrected chi connectivity index (χ2v) is 5.64. The molecular formula is C16H30N4O. The third-order valence-electron chi connectivity index (χ3n) is 3.21. The highest BCUT2D eigenvalue weighted by molar-refractivity contribution is 5.67. The number of hydrogen-bond donors (Lipinski definition) is 2. The van der Waals surface area contributed by atoms with Crippen LogP contribution in [-0.2, 0) is 0 Å². The topological polar surface area (TPSA) is 73.1 Å². The lowest BCUT2D eigenvalue weighted by Gasteiger charge is -2.15. The molecule has 0 bridgehead atoms. The van der Waals surface area contributed by atoms with Crippen LogP contribution < -0.4 is 15.8 Å². The molecule has 0 spiro atoms. The van der Waals surface area contributed by atoms with Gasteiger partial charge in [0.25, 0.3) is 0 Å². The summed E-state index contributed by atoms with van der Waals surface area (Å²) >= 11 is 0. The first-order chi connectivity index (χ1) is 10.1. The van der Waals surface area contributed by atoms with Crippen LogP contribution in [0.2, 0.25) is 0 Å². The molecular weight excluding hydrogens is 264 g/mol. The Balaban J connectivity index is 2.77. The minimum Gasteiger partial charge on any atom is -0.476 e. The molecule has 0 aromatic carbocycles. The minimum absolute atomic E-state index is 0.246. The van der Waals surface area contributed by atoms with Crippen molar-refractivity contribution >= 4 is 11.5 Å². The van der Waals surface area contributed by atoms with Crippen LogP contribution in [0.3, 0.4) is 0 Å². The van der Waals surface area contributed by atoms with Crippen LogP contribution in [0.1, 0.15) is 71.5 Å². The molecule has 5 nitrogen and oxygen atoms in total. The standard InChI is InChI=1S/C16H30N4O/c1-5-7-8-9-10-18-15-13(17)16(21-11-6-2)20-14(19-15)12(3)4/h12H,5-11,17H2,1-4H3,(H,18,19,20). The van der Waals surface area contributed by atoms with Crippen molar-refractivity contribution in [2.75, 3.05) is 24.2 Å². The number of nitrogens with one attached hydrogen (secondary N) is 1. The molecule has 0 saturated carbocycles. The molecule has 1 aromatic heterocycles. The predicted molar refractivity (Wildman–Crippen MR) is 89.0 cm³/mol. The number of nitrogens with zero attached hydrogens (tertiary/aromatic N) is 2. The van der Waals surface area contributed by atoms with Crippen molar-refractivity contribution in [2.24, 2.45) is 0 Å². The average molecular weight is 294 g/mol. The summed E-state index contributed by atoms with van der Waals surface area (Å²) < 4.78 is 5.65. The molecule has 0 aliphatic rings. The lowest BCUT2D eigenvalue weighted by molar-refractivity contribution is 0.305. The van der Waals surface area contributed by atoms with Gasteiger partial charge in [-0.1, -0.05) is 47.0 Å². The third-order valence-corrected chi connectivity index (χ3v) is 3.21. The lowest BCUT2D eigenvalue weighted by atomic mass is 10.2. The van der Waals surface area contributed by atoms with Gasteiger partial charge in [0.05, 0.1) is 6.61 Å². The Kier molecular flexibility index (Phi) is 7.87. The molecule has 1 rings (SSSR count). The molecule has 1 aromatic rings. The summed E-state index contributed by atoms with van der Waals surface area (Å²) in [5.74, 6) is 2.23. The van der Waals surface area contributed by atoms with Gasteiger partial charge in [-0.3, -0.25) is 0 Å². The van der Waals surface area contributed by atoms with Crippen molar-refractivity contribution in [1.82, 2.24) is 9.97 Å². The average Bonchev–Trinajstić information content (AvgIpc) is 2.47. The van der Waals surface area contributed by atoms with E-state index >= 15 is 0 Å². The van der Waals surface area contributed by atoms with E-state index in [1.54, 1.807) is 0 Å². The maximum atomic E-state index is 6.12. The number of ether oxygens (including phenoxy) is 1. The first-order valence-electron chi connectivity index (χ1n) is 8.14. The zero-order chi connectivity index (χ0) is 15.7. The highest BCUT2D eigenvalue weighted by Crippen LogP contribution is 2.28. The van der Waals surface area contributed by atoms with Crippen LogP contribution >= 0.6 is 0 Å². The molecule has 1 heterocycles. The highest BCUT2D eigenvalue weighted by atomic mass is 16.5. The first kappa shape index (κ1) is 17.5. The second-order valence-electron chi connectivity index (χ2n) is 5.64. The maximum absolute atomic E-state index is 6.12. The fourth-order valence-corrected chi connectivity index (χ4v) is 1.93. The summed E-state index contributed by atoms with van der Waals surface area (Å²) in [5, 5.41) is 3.33. The summed E-state index contributed by atoms with van der Waals surface area (Å²) in [4.78, 5) is 8.96. The number of nitrogens with two attached hydrogens (primary N) is 1. The van der Waals surface area contributed by atoms with Crippen LogP contribution in [0.4, 0.5) is 11.5 Å². The number of unbranched alkanes of at least 4 members (excludes halogenated alkanes) is 3. The van der Waals surface area contributed by atoms with E-state index in [1.165, 1.54) is 19.3 Å². The quantitative estimate of drug-likeness (QED) is 0.639. The largest absolute Gasteiger partial charge is 0.476 e. The van der Waals surface area contributed by atoms with E-state index in [0.717, 1.165) is 25.2 Å². The Morgan fingerprint density at radius 2 is 1.86 bits per heavy atom. The normalized spacial score (nSPS) is 10.9. The van der Waals surface area contributed by atoms with E-state index in [4.69, 9.17) is 10.5 Å². The molecule has 0 saturated heterocycles. The van der Waals surface area contributed by atoms with Gasteiger partial charge in [-0.05, 0) is 12.8 Å². The Bertz CT molecular complexity index is 421. The minimum atomic E-state index is 0.246. The van der Waals surface area contributed by atoms with Crippen LogP contribution in [0.5, 0.6) is 5.88 Å². The van der Waals surface area contributed by atoms with Gasteiger partial charge in [0.2, 0.25) is 5.88 Å². The highest BCUT2D eigenvalue weighted by Gasteiger charge is 2.14. The van der Waals surface area contributed by atoms with E-state index in [2.05, 4.69) is 43.0 Å². The summed E-state index contributed by atoms with van der Waals surface area (Å²) in [6.07, 6.45) is 5.79. The molecule has 0 fully saturated rings. The van der Waals surface area contributed by atoms with Gasteiger partial charge in [0.15, 0.2) is 5.82 Å². The van der Waals surface area contributed by atoms with Gasteiger partial charge in [0.1, 0.15) is 11.5 Å². The van der Waals surface area contributed by atoms with Crippen molar-refractivity contribution in [3.8, 4) is 5.88 Å². The zero-order valence-electron chi connectivity index (χ0n) is 13.9. The fourth-order valence-electron chi connectivity index (χ4n) is 1.93. The zero-order valence-corrected chi connectivity index (χ0v) is 13.9. The van der Waals surface area contributed by atoms with Crippen molar-refractivity contribution < 1.29 is 4.74 Å². The van der Waals surface area contributed by atoms with E-state index in [0.29, 0.717) is 24.0 Å². The number of anilines is 2. The molecule has 3 N–H and O–H groups in total. The van der Waals surface area contributed by atoms with Gasteiger partial charge >= 0.3 is 0 Å². The Labute approximate surface area is 128 Å². The maximum Gasteiger partial charge on any atom is 0.242 e. The number of nitrogen functional groups attached to an aromatic ring is 1. The number of hydrogen-bond acceptors (Lipinski definition) is 5. The summed E-state index contributed by atoms with van der Waals surface area (Å²) in [6.45, 7) is 9.91. The predicted octanol–water partition coefficient (Wildman–Crippen LogP) is 3.96. The van der Waals surface area contributed by atoms with E-state index in [9.17, 15) is 0 Å². The summed E-state index contributed by atoms with van der Waals surface area (Å²) in [6, 6.07) is 0. The van der Waals surface area contributed by atoms with E-state index in [-0.39, 0.29) is 5.92 Å². The molecule has 0 radical (unpaired) electrons. The lowest BCUT2D eigenvalue weighted by Crippen LogP contribution is -2.12. The van der Waals surface area contributed by atoms with Gasteiger partial charge in [-0.15, -0.1) is 0 Å². The third kappa shape index (κ3) is 5.78. The number of aromatic nitrogens is 2. The summed E-state index contributed by atoms with van der Waals surface area (Å²) in [7, 11) is 0. The van der Waals surface area contributed by atoms with Crippen molar-refractivity contribution in [3.05, 3.63) is 5.82 Å². The van der Waals surface area contributed by atoms with Gasteiger partial charge < -0.3 is 15.8 Å². The first-order valence-corrected chi connectivity index (χ1v) is 8.14. The Hall–Kier alpha value is -1.52. The molecule has 5 heteroatoms. The molecule has 0 aliphatic carbocycles. The summed E-state index contributed by atoms with van der Waals surface area (Å²) in [5.41, 5.74) is 6.64. The molecule has 0 unspecified atom stereocenters. The van der Waals surface area contributed by atoms with Gasteiger partial charge in [-0.25, -0.2) is 4.98 Å². The van der Waals surface area contributed by atoms with E-state index < -0.39 is 0 Å². The van der Waals surface area contributed by atoms with Crippen LogP contribution in [0.15, 0.2) is 0 Å². The van der Waals surface area contributed by atoms with Crippen LogP contribution in [0.25, 0.3) is 0 Å². The molecule has 0 aliphatic heterocycles. The second kappa shape index (κ2) is 9.42. The smallest absolute Gasteiger partial charge is 0.242 e. The SMILES string of the molecule is CCCCCCNc1nc(C(C)C)nc(OCCC)c1N. The fraction of sp³-hybridized carbons (Fsp3) is 0.750. The molecule has 21 heavy (non-hydrogen) atoms. The molecule has 0 atom stereocenters. The van der Waals surface area contributed by atoms with Gasteiger partial charge in [0, 0.05) is 12.5 Å². The van der Waals surface area contributed by atoms with Crippen LogP contribution in [-0.4, -0.2) is 23.1 Å². The van der Waals surface area contributed by atoms with Crippen molar-refractivity contribution in [3.63, 3.8) is 0 Å². The Morgan fingerprint density at radius 1 is 1.10 bits per heavy atom. The monoisotopic (exact) mass is 294 g/mol. The van der Waals surface area contributed by atoms with Crippen LogP contribution in [0, 0.1) is 0 Å². The molecule has 0 amide bonds. The van der Waals surface area contributed by atoms with Crippen molar-refractivity contribution in [1.29, 1.82) is 0 Å². The Morgan fingerprint density at radius 3 is 2.48 bits per heavy atom. The number of rotatable bonds is 10. The van der Waals surface area contributed by atoms with E-state index in [1.807, 2.05) is 0 Å². The molecule has 120 valence electrons. The van der Waals surface area contributed by atoms with Gasteiger partial charge in [-0.2, -0.15) is 4.98 Å².